The number of carbonyl (C=O) groups excluding carboxylic acids is 1. The maximum absolute atomic E-state index is 12.6. The highest BCUT2D eigenvalue weighted by atomic mass is 32.2. The van der Waals surface area contributed by atoms with E-state index in [4.69, 9.17) is 0 Å². The standard InChI is InChI=1S/C21H24F2N2O6S/c1-21(2,3)32(29)25-16(14-7-6-13(9-17(14)26)31-20(22)23)10-18(27)15-8-5-12(11-24-15)19(28)30-4/h5-9,11,18,20,26-27H,10H2,1-4H3/t18-,32-/m0/s1. The van der Waals surface area contributed by atoms with Gasteiger partial charge in [-0.05, 0) is 45.0 Å². The number of hydrogen-bond acceptors (Lipinski definition) is 7. The molecule has 174 valence electrons. The Morgan fingerprint density at radius 2 is 1.94 bits per heavy atom. The third-order valence-electron chi connectivity index (χ3n) is 4.16. The van der Waals surface area contributed by atoms with E-state index in [1.165, 1.54) is 37.6 Å². The highest BCUT2D eigenvalue weighted by molar-refractivity contribution is 7.85. The van der Waals surface area contributed by atoms with E-state index in [0.717, 1.165) is 6.07 Å². The van der Waals surface area contributed by atoms with Crippen molar-refractivity contribution in [2.45, 2.75) is 44.7 Å². The molecule has 2 N–H and O–H groups in total. The molecule has 0 saturated carbocycles. The maximum Gasteiger partial charge on any atom is 0.387 e. The number of methoxy groups -OCH3 is 1. The number of aromatic hydroxyl groups is 1. The monoisotopic (exact) mass is 470 g/mol. The number of pyridine rings is 1. The van der Waals surface area contributed by atoms with Crippen molar-refractivity contribution >= 4 is 22.7 Å². The number of phenols is 1. The van der Waals surface area contributed by atoms with Gasteiger partial charge >= 0.3 is 12.6 Å². The lowest BCUT2D eigenvalue weighted by Crippen LogP contribution is -2.22. The zero-order valence-electron chi connectivity index (χ0n) is 17.9. The van der Waals surface area contributed by atoms with Crippen LogP contribution in [0.25, 0.3) is 0 Å². The fourth-order valence-corrected chi connectivity index (χ4v) is 3.14. The van der Waals surface area contributed by atoms with Crippen LogP contribution in [0.15, 0.2) is 40.9 Å². The number of ether oxygens (including phenoxy) is 2. The van der Waals surface area contributed by atoms with Gasteiger partial charge in [0.25, 0.3) is 0 Å². The first-order valence-corrected chi connectivity index (χ1v) is 10.5. The minimum Gasteiger partial charge on any atom is -0.507 e. The molecule has 0 aliphatic heterocycles. The number of phenolic OH excluding ortho intramolecular Hbond substituents is 1. The highest BCUT2D eigenvalue weighted by Gasteiger charge is 2.24. The molecule has 0 spiro atoms. The van der Waals surface area contributed by atoms with Gasteiger partial charge in [-0.25, -0.2) is 9.00 Å². The van der Waals surface area contributed by atoms with Crippen LogP contribution in [0.3, 0.4) is 0 Å². The molecule has 2 aromatic rings. The molecule has 0 aliphatic rings. The minimum absolute atomic E-state index is 0.0747. The van der Waals surface area contributed by atoms with Crippen LogP contribution >= 0.6 is 0 Å². The van der Waals surface area contributed by atoms with Crippen LogP contribution in [0.4, 0.5) is 8.78 Å². The number of nitrogens with zero attached hydrogens (tertiary/aromatic N) is 2. The molecule has 2 atom stereocenters. The molecule has 2 rings (SSSR count). The topological polar surface area (TPSA) is 118 Å². The van der Waals surface area contributed by atoms with E-state index in [9.17, 15) is 28.0 Å². The summed E-state index contributed by atoms with van der Waals surface area (Å²) in [7, 11) is -0.512. The van der Waals surface area contributed by atoms with Gasteiger partial charge in [0.15, 0.2) is 0 Å². The zero-order chi connectivity index (χ0) is 24.1. The number of alkyl halides is 2. The predicted octanol–water partition coefficient (Wildman–Crippen LogP) is 3.55. The van der Waals surface area contributed by atoms with E-state index in [1.54, 1.807) is 20.8 Å². The Balaban J connectivity index is 2.39. The Morgan fingerprint density at radius 1 is 1.25 bits per heavy atom. The molecular formula is C21H24F2N2O6S. The van der Waals surface area contributed by atoms with Gasteiger partial charge in [0.2, 0.25) is 0 Å². The summed E-state index contributed by atoms with van der Waals surface area (Å²) >= 11 is 0. The molecule has 32 heavy (non-hydrogen) atoms. The third kappa shape index (κ3) is 6.79. The molecule has 0 fully saturated rings. The number of halogens is 2. The van der Waals surface area contributed by atoms with Crippen molar-refractivity contribution in [3.63, 3.8) is 0 Å². The Hall–Kier alpha value is -2.92. The second kappa shape index (κ2) is 10.6. The number of esters is 1. The average Bonchev–Trinajstić information content (AvgIpc) is 2.71. The van der Waals surface area contributed by atoms with Gasteiger partial charge in [0, 0.05) is 24.2 Å². The van der Waals surface area contributed by atoms with Crippen molar-refractivity contribution < 1.29 is 37.5 Å². The third-order valence-corrected chi connectivity index (χ3v) is 5.59. The largest absolute Gasteiger partial charge is 0.507 e. The van der Waals surface area contributed by atoms with Crippen molar-refractivity contribution in [1.29, 1.82) is 0 Å². The number of benzene rings is 1. The van der Waals surface area contributed by atoms with Crippen LogP contribution < -0.4 is 4.74 Å². The van der Waals surface area contributed by atoms with Crippen molar-refractivity contribution in [3.8, 4) is 11.5 Å². The lowest BCUT2D eigenvalue weighted by atomic mass is 10.0. The Bertz CT molecular complexity index is 1010. The molecule has 0 bridgehead atoms. The summed E-state index contributed by atoms with van der Waals surface area (Å²) in [4.78, 5) is 15.6. The molecule has 1 heterocycles. The molecule has 11 heteroatoms. The van der Waals surface area contributed by atoms with E-state index in [0.29, 0.717) is 0 Å². The van der Waals surface area contributed by atoms with Gasteiger partial charge in [-0.2, -0.15) is 13.2 Å². The van der Waals surface area contributed by atoms with Gasteiger partial charge < -0.3 is 19.7 Å². The molecular weight excluding hydrogens is 446 g/mol. The van der Waals surface area contributed by atoms with Gasteiger partial charge in [0.1, 0.15) is 28.6 Å². The first-order chi connectivity index (χ1) is 14.9. The van der Waals surface area contributed by atoms with Gasteiger partial charge in [0.05, 0.1) is 28.8 Å². The smallest absolute Gasteiger partial charge is 0.387 e. The van der Waals surface area contributed by atoms with Crippen molar-refractivity contribution in [2.75, 3.05) is 7.11 Å². The number of aliphatic hydroxyl groups excluding tert-OH is 1. The molecule has 8 nitrogen and oxygen atoms in total. The van der Waals surface area contributed by atoms with E-state index in [-0.39, 0.29) is 34.7 Å². The second-order valence-corrected chi connectivity index (χ2v) is 9.55. The van der Waals surface area contributed by atoms with E-state index < -0.39 is 40.2 Å². The van der Waals surface area contributed by atoms with Crippen LogP contribution in [0.2, 0.25) is 0 Å². The number of carbonyl (C=O) groups is 1. The van der Waals surface area contributed by atoms with E-state index in [1.807, 2.05) is 0 Å². The average molecular weight is 470 g/mol. The molecule has 0 saturated heterocycles. The van der Waals surface area contributed by atoms with Crippen LogP contribution in [0.1, 0.15) is 54.9 Å². The summed E-state index contributed by atoms with van der Waals surface area (Å²) in [5.41, 5.74) is 0.558. The van der Waals surface area contributed by atoms with Gasteiger partial charge in [-0.1, -0.05) is 0 Å². The van der Waals surface area contributed by atoms with Crippen molar-refractivity contribution in [2.24, 2.45) is 4.40 Å². The zero-order valence-corrected chi connectivity index (χ0v) is 18.7. The normalized spacial score (nSPS) is 14.2. The fraction of sp³-hybridized carbons (Fsp3) is 0.381. The lowest BCUT2D eigenvalue weighted by Gasteiger charge is -2.18. The quantitative estimate of drug-likeness (QED) is 0.447. The molecule has 1 aromatic heterocycles. The highest BCUT2D eigenvalue weighted by Crippen LogP contribution is 2.29. The number of rotatable bonds is 8. The summed E-state index contributed by atoms with van der Waals surface area (Å²) in [6.45, 7) is 2.04. The summed E-state index contributed by atoms with van der Waals surface area (Å²) in [6, 6.07) is 6.32. The number of aliphatic hydroxyl groups is 1. The Morgan fingerprint density at radius 3 is 2.44 bits per heavy atom. The van der Waals surface area contributed by atoms with Crippen LogP contribution in [-0.4, -0.2) is 49.6 Å². The molecule has 1 aromatic carbocycles. The van der Waals surface area contributed by atoms with Crippen molar-refractivity contribution in [1.82, 2.24) is 4.98 Å². The van der Waals surface area contributed by atoms with Crippen LogP contribution in [-0.2, 0) is 15.7 Å². The second-order valence-electron chi connectivity index (χ2n) is 7.64. The first kappa shape index (κ1) is 25.3. The minimum atomic E-state index is -3.07. The van der Waals surface area contributed by atoms with Gasteiger partial charge in [-0.3, -0.25) is 4.98 Å². The van der Waals surface area contributed by atoms with Crippen LogP contribution in [0, 0.1) is 0 Å². The Labute approximate surface area is 186 Å². The van der Waals surface area contributed by atoms with E-state index in [2.05, 4.69) is 18.9 Å². The molecule has 0 amide bonds. The van der Waals surface area contributed by atoms with Crippen molar-refractivity contribution in [3.05, 3.63) is 53.3 Å². The molecule has 0 aliphatic carbocycles. The SMILES string of the molecule is COC(=O)c1ccc([C@@H](O)CC(=N[S@@](=O)C(C)(C)C)c2ccc(OC(F)F)cc2O)nc1. The summed E-state index contributed by atoms with van der Waals surface area (Å²) in [6.07, 6.45) is -0.189. The number of hydrogen-bond donors (Lipinski definition) is 2. The lowest BCUT2D eigenvalue weighted by molar-refractivity contribution is -0.0499. The maximum atomic E-state index is 12.6. The molecule has 0 unspecified atom stereocenters. The number of aromatic nitrogens is 1. The Kier molecular flexibility index (Phi) is 8.39. The fourth-order valence-electron chi connectivity index (χ4n) is 2.49. The van der Waals surface area contributed by atoms with Crippen LogP contribution in [0.5, 0.6) is 11.5 Å². The van der Waals surface area contributed by atoms with E-state index >= 15 is 0 Å². The predicted molar refractivity (Wildman–Crippen MR) is 114 cm³/mol. The summed E-state index contributed by atoms with van der Waals surface area (Å²) < 4.78 is 49.8. The first-order valence-electron chi connectivity index (χ1n) is 9.42. The molecule has 0 radical (unpaired) electrons. The summed E-state index contributed by atoms with van der Waals surface area (Å²) in [5, 5.41) is 21.0. The summed E-state index contributed by atoms with van der Waals surface area (Å²) in [5.74, 6) is -1.29. The van der Waals surface area contributed by atoms with Gasteiger partial charge in [-0.15, -0.1) is 0 Å².